The van der Waals surface area contributed by atoms with Gasteiger partial charge in [-0.15, -0.1) is 0 Å². The number of carbonyl (C=O) groups is 1. The van der Waals surface area contributed by atoms with E-state index in [1.807, 2.05) is 13.8 Å². The molecule has 0 spiro atoms. The first-order chi connectivity index (χ1) is 7.68. The first-order valence-electron chi connectivity index (χ1n) is 6.46. The summed E-state index contributed by atoms with van der Waals surface area (Å²) in [5.74, 6) is 0.163. The monoisotopic (exact) mass is 244 g/mol. The summed E-state index contributed by atoms with van der Waals surface area (Å²) in [4.78, 5) is 11.1. The van der Waals surface area contributed by atoms with Gasteiger partial charge in [0, 0.05) is 13.0 Å². The van der Waals surface area contributed by atoms with Crippen molar-refractivity contribution in [3.8, 4) is 0 Å². The lowest BCUT2D eigenvalue weighted by molar-refractivity contribution is -0.124. The molecule has 0 rings (SSSR count). The van der Waals surface area contributed by atoms with Gasteiger partial charge in [0.05, 0.1) is 17.8 Å². The van der Waals surface area contributed by atoms with Gasteiger partial charge in [-0.1, -0.05) is 6.92 Å². The summed E-state index contributed by atoms with van der Waals surface area (Å²) >= 11 is 0. The average molecular weight is 244 g/mol. The number of carbonyl (C=O) groups excluding carboxylic acids is 1. The molecule has 0 saturated heterocycles. The second kappa shape index (κ2) is 7.12. The Balaban J connectivity index is 3.92. The van der Waals surface area contributed by atoms with E-state index in [0.717, 1.165) is 19.4 Å². The van der Waals surface area contributed by atoms with Gasteiger partial charge in [-0.25, -0.2) is 0 Å². The lowest BCUT2D eigenvalue weighted by Gasteiger charge is -2.29. The van der Waals surface area contributed by atoms with Gasteiger partial charge in [0.2, 0.25) is 0 Å². The van der Waals surface area contributed by atoms with Gasteiger partial charge >= 0.3 is 0 Å². The third-order valence-corrected chi connectivity index (χ3v) is 2.57. The first-order valence-corrected chi connectivity index (χ1v) is 6.46. The fourth-order valence-electron chi connectivity index (χ4n) is 1.67. The predicted molar refractivity (Wildman–Crippen MR) is 70.3 cm³/mol. The summed E-state index contributed by atoms with van der Waals surface area (Å²) in [6.07, 6.45) is 2.33. The first kappa shape index (κ1) is 16.6. The van der Waals surface area contributed by atoms with Gasteiger partial charge in [-0.2, -0.15) is 0 Å². The number of ketones is 1. The van der Waals surface area contributed by atoms with Gasteiger partial charge in [-0.3, -0.25) is 4.79 Å². The highest BCUT2D eigenvalue weighted by Crippen LogP contribution is 2.19. The zero-order valence-corrected chi connectivity index (χ0v) is 12.3. The molecule has 0 aliphatic rings. The van der Waals surface area contributed by atoms with Crippen LogP contribution in [0.25, 0.3) is 0 Å². The maximum absolute atomic E-state index is 11.1. The van der Waals surface area contributed by atoms with Crippen LogP contribution in [-0.4, -0.2) is 30.2 Å². The van der Waals surface area contributed by atoms with Crippen LogP contribution in [0.15, 0.2) is 0 Å². The van der Waals surface area contributed by atoms with Crippen molar-refractivity contribution in [2.75, 3.05) is 13.2 Å². The molecule has 0 aliphatic heterocycles. The van der Waals surface area contributed by atoms with Gasteiger partial charge < -0.3 is 9.47 Å². The summed E-state index contributed by atoms with van der Waals surface area (Å²) in [5, 5.41) is 0. The molecule has 0 aromatic rings. The van der Waals surface area contributed by atoms with Crippen molar-refractivity contribution in [2.45, 2.75) is 72.0 Å². The number of ether oxygens (including phenoxy) is 2. The molecule has 17 heavy (non-hydrogen) atoms. The molecule has 0 aromatic heterocycles. The Hall–Kier alpha value is -0.410. The molecule has 0 atom stereocenters. The van der Waals surface area contributed by atoms with Crippen LogP contribution in [0, 0.1) is 0 Å². The van der Waals surface area contributed by atoms with Gasteiger partial charge in [0.1, 0.15) is 5.78 Å². The Bertz CT molecular complexity index is 232. The van der Waals surface area contributed by atoms with Gasteiger partial charge in [0.15, 0.2) is 0 Å². The third-order valence-electron chi connectivity index (χ3n) is 2.57. The molecule has 0 radical (unpaired) electrons. The van der Waals surface area contributed by atoms with E-state index in [1.54, 1.807) is 6.92 Å². The van der Waals surface area contributed by atoms with Crippen LogP contribution in [0.1, 0.15) is 60.8 Å². The van der Waals surface area contributed by atoms with Crippen molar-refractivity contribution in [3.05, 3.63) is 0 Å². The van der Waals surface area contributed by atoms with Crippen LogP contribution in [0.4, 0.5) is 0 Å². The molecule has 0 unspecified atom stereocenters. The molecule has 0 aromatic carbocycles. The fourth-order valence-corrected chi connectivity index (χ4v) is 1.67. The Labute approximate surface area is 106 Å². The van der Waals surface area contributed by atoms with Crippen LogP contribution in [0.3, 0.4) is 0 Å². The van der Waals surface area contributed by atoms with Crippen molar-refractivity contribution in [3.63, 3.8) is 0 Å². The maximum atomic E-state index is 11.1. The van der Waals surface area contributed by atoms with Crippen molar-refractivity contribution in [1.29, 1.82) is 0 Å². The van der Waals surface area contributed by atoms with Crippen molar-refractivity contribution in [2.24, 2.45) is 0 Å². The smallest absolute Gasteiger partial charge is 0.132 e. The van der Waals surface area contributed by atoms with E-state index in [1.165, 1.54) is 0 Å². The van der Waals surface area contributed by atoms with E-state index in [2.05, 4.69) is 20.8 Å². The Morgan fingerprint density at radius 3 is 2.00 bits per heavy atom. The van der Waals surface area contributed by atoms with Gasteiger partial charge in [0.25, 0.3) is 0 Å². The van der Waals surface area contributed by atoms with Crippen LogP contribution < -0.4 is 0 Å². The quantitative estimate of drug-likeness (QED) is 0.624. The summed E-state index contributed by atoms with van der Waals surface area (Å²) in [6, 6.07) is 0. The Kier molecular flexibility index (Phi) is 6.95. The molecular weight excluding hydrogens is 216 g/mol. The van der Waals surface area contributed by atoms with Gasteiger partial charge in [-0.05, 0) is 47.5 Å². The largest absolute Gasteiger partial charge is 0.375 e. The molecule has 0 amide bonds. The van der Waals surface area contributed by atoms with E-state index in [4.69, 9.17) is 9.47 Å². The van der Waals surface area contributed by atoms with E-state index >= 15 is 0 Å². The lowest BCUT2D eigenvalue weighted by atomic mass is 10.0. The fraction of sp³-hybridized carbons (Fsp3) is 0.929. The molecule has 3 heteroatoms. The minimum absolute atomic E-state index is 0.150. The molecule has 0 bridgehead atoms. The number of hydrogen-bond donors (Lipinski definition) is 0. The van der Waals surface area contributed by atoms with Crippen molar-refractivity contribution in [1.82, 2.24) is 0 Å². The lowest BCUT2D eigenvalue weighted by Crippen LogP contribution is -2.32. The van der Waals surface area contributed by atoms with Crippen LogP contribution >= 0.6 is 0 Å². The zero-order chi connectivity index (χ0) is 13.5. The minimum atomic E-state index is -0.368. The second-order valence-electron chi connectivity index (χ2n) is 5.85. The molecule has 102 valence electrons. The summed E-state index contributed by atoms with van der Waals surface area (Å²) < 4.78 is 11.5. The van der Waals surface area contributed by atoms with Crippen LogP contribution in [-0.2, 0) is 14.3 Å². The average Bonchev–Trinajstić information content (AvgIpc) is 2.11. The van der Waals surface area contributed by atoms with Crippen LogP contribution in [0.5, 0.6) is 0 Å². The highest BCUT2D eigenvalue weighted by atomic mass is 16.5. The molecule has 3 nitrogen and oxygen atoms in total. The summed E-state index contributed by atoms with van der Waals surface area (Å²) in [7, 11) is 0. The molecular formula is C14H28O3. The molecule has 0 aliphatic carbocycles. The topological polar surface area (TPSA) is 35.5 Å². The summed E-state index contributed by atoms with van der Waals surface area (Å²) in [6.45, 7) is 13.2. The number of hydrogen-bond acceptors (Lipinski definition) is 3. The van der Waals surface area contributed by atoms with Crippen molar-refractivity contribution >= 4 is 5.78 Å². The maximum Gasteiger partial charge on any atom is 0.132 e. The minimum Gasteiger partial charge on any atom is -0.375 e. The molecule has 0 saturated carbocycles. The third kappa shape index (κ3) is 9.31. The Morgan fingerprint density at radius 2 is 1.53 bits per heavy atom. The molecule has 0 heterocycles. The predicted octanol–water partition coefficient (Wildman–Crippen LogP) is 3.36. The van der Waals surface area contributed by atoms with Crippen molar-refractivity contribution < 1.29 is 14.3 Å². The molecule has 0 fully saturated rings. The van der Waals surface area contributed by atoms with E-state index in [-0.39, 0.29) is 17.0 Å². The zero-order valence-electron chi connectivity index (χ0n) is 12.3. The highest BCUT2D eigenvalue weighted by Gasteiger charge is 2.23. The second-order valence-corrected chi connectivity index (χ2v) is 5.85. The standard InChI is InChI=1S/C14H28O3/c1-7-9-16-13(3,4)8-10-17-14(5,6)11-12(2)15/h7-11H2,1-6H3. The highest BCUT2D eigenvalue weighted by molar-refractivity contribution is 5.76. The van der Waals surface area contributed by atoms with E-state index in [9.17, 15) is 4.79 Å². The SMILES string of the molecule is CCCOC(C)(C)CCOC(C)(C)CC(C)=O. The number of rotatable bonds is 9. The Morgan fingerprint density at radius 1 is 1.00 bits per heavy atom. The normalized spacial score (nSPS) is 12.8. The van der Waals surface area contributed by atoms with E-state index < -0.39 is 0 Å². The summed E-state index contributed by atoms with van der Waals surface area (Å²) in [5.41, 5.74) is -0.519. The van der Waals surface area contributed by atoms with E-state index in [0.29, 0.717) is 13.0 Å². The molecule has 0 N–H and O–H groups in total. The number of Topliss-reactive ketones (excluding diaryl/α,β-unsaturated/α-hetero) is 1. The van der Waals surface area contributed by atoms with Crippen LogP contribution in [0.2, 0.25) is 0 Å².